The number of benzene rings is 1. The van der Waals surface area contributed by atoms with E-state index in [0.717, 1.165) is 0 Å². The molecule has 0 saturated heterocycles. The first-order valence-corrected chi connectivity index (χ1v) is 6.42. The number of hydrogen-bond acceptors (Lipinski definition) is 3. The van der Waals surface area contributed by atoms with Gasteiger partial charge in [-0.3, -0.25) is 0 Å². The van der Waals surface area contributed by atoms with E-state index in [9.17, 15) is 38.6 Å². The second-order valence-corrected chi connectivity index (χ2v) is 5.69. The van der Waals surface area contributed by atoms with Crippen LogP contribution in [-0.2, 0) is 10.2 Å². The zero-order valence-corrected chi connectivity index (χ0v) is 10.1. The summed E-state index contributed by atoms with van der Waals surface area (Å²) in [6.45, 7) is 0. The Hall–Kier alpha value is -0.970. The molecule has 0 fully saturated rings. The lowest BCUT2D eigenvalue weighted by Gasteiger charge is -2.22. The Bertz CT molecular complexity index is 585. The van der Waals surface area contributed by atoms with E-state index in [1.807, 2.05) is 0 Å². The van der Waals surface area contributed by atoms with Gasteiger partial charge in [-0.25, -0.2) is 8.78 Å². The van der Waals surface area contributed by atoms with E-state index in [2.05, 4.69) is 0 Å². The Morgan fingerprint density at radius 1 is 1.05 bits per heavy atom. The molecule has 1 aromatic carbocycles. The van der Waals surface area contributed by atoms with Crippen molar-refractivity contribution in [1.82, 2.24) is 0 Å². The van der Waals surface area contributed by atoms with Crippen molar-refractivity contribution in [3.63, 3.8) is 0 Å². The summed E-state index contributed by atoms with van der Waals surface area (Å²) < 4.78 is 109. The number of rotatable bonds is 4. The van der Waals surface area contributed by atoms with Crippen LogP contribution in [0.15, 0.2) is 23.1 Å². The summed E-state index contributed by atoms with van der Waals surface area (Å²) in [7, 11) is -6.90. The van der Waals surface area contributed by atoms with Crippen molar-refractivity contribution in [1.29, 1.82) is 0 Å². The largest absolute Gasteiger partial charge is 0.446 e. The van der Waals surface area contributed by atoms with Crippen molar-refractivity contribution in [2.75, 3.05) is 0 Å². The van der Waals surface area contributed by atoms with E-state index in [-0.39, 0.29) is 6.07 Å². The van der Waals surface area contributed by atoms with E-state index in [1.54, 1.807) is 0 Å². The molecule has 0 N–H and O–H groups in total. The number of alkyl halides is 4. The first kappa shape index (κ1) is 16.1. The molecule has 0 aliphatic rings. The maximum absolute atomic E-state index is 13.0. The Kier molecular flexibility index (Phi) is 4.11. The second-order valence-electron chi connectivity index (χ2n) is 3.15. The molecule has 0 atom stereocenters. The van der Waals surface area contributed by atoms with E-state index < -0.39 is 49.0 Å². The van der Waals surface area contributed by atoms with Crippen LogP contribution in [0.25, 0.3) is 0 Å². The van der Waals surface area contributed by atoms with Gasteiger partial charge < -0.3 is 0 Å². The predicted octanol–water partition coefficient (Wildman–Crippen LogP) is 3.54. The topological polar surface area (TPSA) is 34.1 Å². The van der Waals surface area contributed by atoms with Gasteiger partial charge in [0, 0.05) is 11.0 Å². The van der Waals surface area contributed by atoms with Gasteiger partial charge in [0.15, 0.2) is 0 Å². The fraction of sp³-hybridized carbons (Fsp3) is 0.250. The van der Waals surface area contributed by atoms with Crippen LogP contribution >= 0.6 is 11.8 Å². The van der Waals surface area contributed by atoms with Crippen LogP contribution in [0.4, 0.5) is 30.2 Å². The molecule has 1 aromatic rings. The molecule has 0 heterocycles. The van der Waals surface area contributed by atoms with E-state index >= 15 is 0 Å². The molecule has 0 aliphatic heterocycles. The van der Waals surface area contributed by atoms with E-state index in [0.29, 0.717) is 12.1 Å². The van der Waals surface area contributed by atoms with Gasteiger partial charge in [0.05, 0.1) is 0 Å². The number of hydrogen-bond donors (Lipinski definition) is 0. The molecular formula is C8H3F7O2S2. The summed E-state index contributed by atoms with van der Waals surface area (Å²) in [6.07, 6.45) is 0. The van der Waals surface area contributed by atoms with E-state index in [4.69, 9.17) is 0 Å². The molecule has 0 spiro atoms. The van der Waals surface area contributed by atoms with Gasteiger partial charge >= 0.3 is 20.7 Å². The maximum atomic E-state index is 13.0. The molecule has 0 bridgehead atoms. The summed E-state index contributed by atoms with van der Waals surface area (Å²) in [5, 5.41) is -11.5. The van der Waals surface area contributed by atoms with Crippen LogP contribution in [0, 0.1) is 11.6 Å². The minimum atomic E-state index is -6.90. The molecule has 0 saturated carbocycles. The Labute approximate surface area is 106 Å². The van der Waals surface area contributed by atoms with Crippen LogP contribution in [-0.4, -0.2) is 18.9 Å². The normalized spacial score (nSPS) is 13.6. The highest BCUT2D eigenvalue weighted by Gasteiger charge is 2.67. The first-order valence-electron chi connectivity index (χ1n) is 4.22. The molecule has 1 rings (SSSR count). The molecule has 0 radical (unpaired) electrons. The third-order valence-corrected chi connectivity index (χ3v) is 3.84. The maximum Gasteiger partial charge on any atom is 0.446 e. The molecule has 0 aliphatic carbocycles. The molecule has 0 amide bonds. The van der Waals surface area contributed by atoms with Crippen molar-refractivity contribution < 1.29 is 38.6 Å². The van der Waals surface area contributed by atoms with Gasteiger partial charge in [0.2, 0.25) is 0 Å². The van der Waals surface area contributed by atoms with Gasteiger partial charge in [0.1, 0.15) is 11.6 Å². The summed E-state index contributed by atoms with van der Waals surface area (Å²) in [4.78, 5) is -1.16. The molecule has 11 heteroatoms. The van der Waals surface area contributed by atoms with Crippen LogP contribution < -0.4 is 0 Å². The standard InChI is InChI=1S/C8H3F7O2S2/c9-4-1-2-6(5(10)3-4)18-7(11,12)8(13,14)19(15,16)17/h1-3H. The van der Waals surface area contributed by atoms with Crippen LogP contribution in [0.3, 0.4) is 0 Å². The van der Waals surface area contributed by atoms with E-state index in [1.165, 1.54) is 0 Å². The minimum absolute atomic E-state index is 0.125. The molecule has 0 aromatic heterocycles. The summed E-state index contributed by atoms with van der Waals surface area (Å²) in [5.41, 5.74) is 0. The van der Waals surface area contributed by atoms with Crippen LogP contribution in [0.5, 0.6) is 0 Å². The van der Waals surface area contributed by atoms with Gasteiger partial charge in [-0.05, 0) is 23.9 Å². The summed E-state index contributed by atoms with van der Waals surface area (Å²) in [5.74, 6) is -2.77. The van der Waals surface area contributed by atoms with Crippen molar-refractivity contribution in [2.45, 2.75) is 15.4 Å². The molecule has 19 heavy (non-hydrogen) atoms. The van der Waals surface area contributed by atoms with Crippen LogP contribution in [0.1, 0.15) is 0 Å². The van der Waals surface area contributed by atoms with Gasteiger partial charge in [0.25, 0.3) is 0 Å². The molecule has 108 valence electrons. The average Bonchev–Trinajstić information content (AvgIpc) is 2.20. The third-order valence-electron chi connectivity index (χ3n) is 1.78. The van der Waals surface area contributed by atoms with Crippen molar-refractivity contribution in [3.8, 4) is 0 Å². The summed E-state index contributed by atoms with van der Waals surface area (Å²) in [6, 6.07) is 1.01. The lowest BCUT2D eigenvalue weighted by atomic mass is 10.3. The Balaban J connectivity index is 3.16. The average molecular weight is 328 g/mol. The van der Waals surface area contributed by atoms with Crippen molar-refractivity contribution >= 4 is 22.0 Å². The highest BCUT2D eigenvalue weighted by Crippen LogP contribution is 2.50. The highest BCUT2D eigenvalue weighted by molar-refractivity contribution is 8.01. The molecule has 0 unspecified atom stereocenters. The Morgan fingerprint density at radius 2 is 1.58 bits per heavy atom. The van der Waals surface area contributed by atoms with Gasteiger partial charge in [-0.1, -0.05) is 3.89 Å². The third kappa shape index (κ3) is 3.14. The SMILES string of the molecule is O=S(=O)(F)C(F)(F)C(F)(F)Sc1ccc(F)cc1F. The van der Waals surface area contributed by atoms with Crippen LogP contribution in [0.2, 0.25) is 0 Å². The highest BCUT2D eigenvalue weighted by atomic mass is 32.3. The molecule has 2 nitrogen and oxygen atoms in total. The molecular weight excluding hydrogens is 325 g/mol. The zero-order chi connectivity index (χ0) is 15.1. The smallest absolute Gasteiger partial charge is 0.207 e. The van der Waals surface area contributed by atoms with Crippen molar-refractivity contribution in [3.05, 3.63) is 29.8 Å². The lowest BCUT2D eigenvalue weighted by Crippen LogP contribution is -2.42. The second kappa shape index (κ2) is 4.85. The quantitative estimate of drug-likeness (QED) is 0.482. The lowest BCUT2D eigenvalue weighted by molar-refractivity contribution is -0.0928. The summed E-state index contributed by atoms with van der Waals surface area (Å²) >= 11 is -1.23. The monoisotopic (exact) mass is 328 g/mol. The fourth-order valence-corrected chi connectivity index (χ4v) is 2.29. The number of halogens is 7. The number of thioether (sulfide) groups is 1. The first-order chi connectivity index (χ1) is 8.38. The minimum Gasteiger partial charge on any atom is -0.207 e. The fourth-order valence-electron chi connectivity index (χ4n) is 0.897. The zero-order valence-electron chi connectivity index (χ0n) is 8.51. The van der Waals surface area contributed by atoms with Gasteiger partial charge in [-0.15, -0.1) is 0 Å². The predicted molar refractivity (Wildman–Crippen MR) is 52.1 cm³/mol. The Morgan fingerprint density at radius 3 is 2.00 bits per heavy atom. The van der Waals surface area contributed by atoms with Gasteiger partial charge in [-0.2, -0.15) is 26.0 Å². The van der Waals surface area contributed by atoms with Crippen molar-refractivity contribution in [2.24, 2.45) is 0 Å².